The summed E-state index contributed by atoms with van der Waals surface area (Å²) in [4.78, 5) is 4.46. The summed E-state index contributed by atoms with van der Waals surface area (Å²) in [6, 6.07) is 7.59. The van der Waals surface area contributed by atoms with E-state index in [0.717, 1.165) is 20.1 Å². The summed E-state index contributed by atoms with van der Waals surface area (Å²) in [6.45, 7) is 0.108. The molecule has 0 aliphatic heterocycles. The van der Waals surface area contributed by atoms with Gasteiger partial charge in [0.15, 0.2) is 0 Å². The van der Waals surface area contributed by atoms with Crippen LogP contribution in [0, 0.1) is 0 Å². The second-order valence-electron chi connectivity index (χ2n) is 3.22. The van der Waals surface area contributed by atoms with Gasteiger partial charge in [-0.3, -0.25) is 0 Å². The van der Waals surface area contributed by atoms with Gasteiger partial charge in [-0.2, -0.15) is 0 Å². The average molecular weight is 319 g/mol. The normalized spacial score (nSPS) is 10.7. The Labute approximate surface area is 111 Å². The fourth-order valence-corrected chi connectivity index (χ4v) is 3.11. The molecule has 1 N–H and O–H groups in total. The van der Waals surface area contributed by atoms with Crippen LogP contribution in [-0.4, -0.2) is 16.7 Å². The lowest BCUT2D eigenvalue weighted by atomic mass is 10.2. The van der Waals surface area contributed by atoms with Crippen molar-refractivity contribution in [2.24, 2.45) is 0 Å². The Morgan fingerprint density at radius 3 is 2.94 bits per heavy atom. The van der Waals surface area contributed by atoms with Gasteiger partial charge >= 0.3 is 0 Å². The summed E-state index contributed by atoms with van der Waals surface area (Å²) >= 11 is 10.9. The van der Waals surface area contributed by atoms with E-state index in [-0.39, 0.29) is 6.61 Å². The van der Waals surface area contributed by atoms with E-state index in [9.17, 15) is 0 Å². The summed E-state index contributed by atoms with van der Waals surface area (Å²) in [5.41, 5.74) is 1.89. The Morgan fingerprint density at radius 1 is 1.44 bits per heavy atom. The van der Waals surface area contributed by atoms with Crippen molar-refractivity contribution >= 4 is 38.9 Å². The number of hydrogen-bond donors (Lipinski definition) is 1. The highest BCUT2D eigenvalue weighted by Gasteiger charge is 2.10. The standard InChI is InChI=1S/C11H9BrClNOS/c12-10-9(4-5-15)14-11(16-10)7-2-1-3-8(13)6-7/h1-3,6,15H,4-5H2. The van der Waals surface area contributed by atoms with Gasteiger partial charge in [-0.05, 0) is 28.1 Å². The van der Waals surface area contributed by atoms with Gasteiger partial charge in [-0.25, -0.2) is 4.98 Å². The number of nitrogens with zero attached hydrogens (tertiary/aromatic N) is 1. The highest BCUT2D eigenvalue weighted by molar-refractivity contribution is 9.11. The molecule has 5 heteroatoms. The Kier molecular flexibility index (Phi) is 3.97. The van der Waals surface area contributed by atoms with Crippen LogP contribution in [0.2, 0.25) is 5.02 Å². The van der Waals surface area contributed by atoms with Crippen molar-refractivity contribution in [2.75, 3.05) is 6.61 Å². The smallest absolute Gasteiger partial charge is 0.124 e. The third-order valence-corrected chi connectivity index (χ3v) is 4.18. The van der Waals surface area contributed by atoms with Crippen LogP contribution in [0.1, 0.15) is 5.69 Å². The molecule has 0 aliphatic rings. The van der Waals surface area contributed by atoms with Crippen molar-refractivity contribution < 1.29 is 5.11 Å². The molecule has 0 saturated carbocycles. The van der Waals surface area contributed by atoms with Gasteiger partial charge in [0.25, 0.3) is 0 Å². The lowest BCUT2D eigenvalue weighted by Gasteiger charge is -1.96. The largest absolute Gasteiger partial charge is 0.396 e. The molecule has 2 nitrogen and oxygen atoms in total. The van der Waals surface area contributed by atoms with Gasteiger partial charge in [0.2, 0.25) is 0 Å². The molecule has 0 saturated heterocycles. The third kappa shape index (κ3) is 2.63. The number of benzene rings is 1. The Morgan fingerprint density at radius 2 is 2.25 bits per heavy atom. The minimum Gasteiger partial charge on any atom is -0.396 e. The lowest BCUT2D eigenvalue weighted by Crippen LogP contribution is -1.91. The molecular weight excluding hydrogens is 310 g/mol. The van der Waals surface area contributed by atoms with Crippen LogP contribution in [-0.2, 0) is 6.42 Å². The molecule has 0 bridgehead atoms. The van der Waals surface area contributed by atoms with Gasteiger partial charge in [0, 0.05) is 23.6 Å². The molecule has 0 unspecified atom stereocenters. The Balaban J connectivity index is 2.37. The highest BCUT2D eigenvalue weighted by Crippen LogP contribution is 2.33. The minimum atomic E-state index is 0.108. The van der Waals surface area contributed by atoms with Gasteiger partial charge in [0.1, 0.15) is 5.01 Å². The zero-order valence-electron chi connectivity index (χ0n) is 8.28. The topological polar surface area (TPSA) is 33.1 Å². The average Bonchev–Trinajstić information content (AvgIpc) is 2.61. The zero-order valence-corrected chi connectivity index (χ0v) is 11.4. The van der Waals surface area contributed by atoms with Crippen LogP contribution in [0.25, 0.3) is 10.6 Å². The van der Waals surface area contributed by atoms with E-state index >= 15 is 0 Å². The van der Waals surface area contributed by atoms with E-state index in [1.54, 1.807) is 11.3 Å². The molecular formula is C11H9BrClNOS. The van der Waals surface area contributed by atoms with Crippen LogP contribution in [0.15, 0.2) is 28.1 Å². The maximum absolute atomic E-state index is 8.89. The maximum atomic E-state index is 8.89. The van der Waals surface area contributed by atoms with Crippen LogP contribution in [0.3, 0.4) is 0 Å². The summed E-state index contributed by atoms with van der Waals surface area (Å²) < 4.78 is 0.969. The van der Waals surface area contributed by atoms with E-state index in [2.05, 4.69) is 20.9 Å². The molecule has 0 spiro atoms. The predicted molar refractivity (Wildman–Crippen MR) is 71.0 cm³/mol. The molecule has 0 radical (unpaired) electrons. The fourth-order valence-electron chi connectivity index (χ4n) is 1.34. The molecule has 2 rings (SSSR count). The molecule has 2 aromatic rings. The highest BCUT2D eigenvalue weighted by atomic mass is 79.9. The first-order chi connectivity index (χ1) is 7.70. The molecule has 16 heavy (non-hydrogen) atoms. The molecule has 0 amide bonds. The van der Waals surface area contributed by atoms with Crippen molar-refractivity contribution in [3.05, 3.63) is 38.8 Å². The quantitative estimate of drug-likeness (QED) is 0.934. The molecule has 1 aromatic carbocycles. The number of aliphatic hydroxyl groups excluding tert-OH is 1. The summed E-state index contributed by atoms with van der Waals surface area (Å²) in [7, 11) is 0. The molecule has 0 atom stereocenters. The number of rotatable bonds is 3. The molecule has 84 valence electrons. The van der Waals surface area contributed by atoms with E-state index in [1.165, 1.54) is 0 Å². The van der Waals surface area contributed by atoms with Crippen molar-refractivity contribution in [1.29, 1.82) is 0 Å². The number of aromatic nitrogens is 1. The molecule has 0 aliphatic carbocycles. The van der Waals surface area contributed by atoms with Crippen molar-refractivity contribution in [3.8, 4) is 10.6 Å². The minimum absolute atomic E-state index is 0.108. The molecule has 1 aromatic heterocycles. The number of thiazole rings is 1. The monoisotopic (exact) mass is 317 g/mol. The van der Waals surface area contributed by atoms with Crippen LogP contribution in [0.4, 0.5) is 0 Å². The van der Waals surface area contributed by atoms with Crippen LogP contribution < -0.4 is 0 Å². The SMILES string of the molecule is OCCc1nc(-c2cccc(Cl)c2)sc1Br. The van der Waals surface area contributed by atoms with Crippen LogP contribution in [0.5, 0.6) is 0 Å². The Hall–Kier alpha value is -0.420. The first-order valence-electron chi connectivity index (χ1n) is 4.72. The summed E-state index contributed by atoms with van der Waals surface area (Å²) in [6.07, 6.45) is 0.567. The van der Waals surface area contributed by atoms with Crippen LogP contribution >= 0.6 is 38.9 Å². The summed E-state index contributed by atoms with van der Waals surface area (Å²) in [5.74, 6) is 0. The van der Waals surface area contributed by atoms with Gasteiger partial charge in [-0.1, -0.05) is 23.7 Å². The third-order valence-electron chi connectivity index (χ3n) is 2.07. The second kappa shape index (κ2) is 5.27. The van der Waals surface area contributed by atoms with Gasteiger partial charge in [0.05, 0.1) is 9.48 Å². The van der Waals surface area contributed by atoms with Gasteiger partial charge < -0.3 is 5.11 Å². The fraction of sp³-hybridized carbons (Fsp3) is 0.182. The van der Waals surface area contributed by atoms with Crippen molar-refractivity contribution in [2.45, 2.75) is 6.42 Å². The van der Waals surface area contributed by atoms with E-state index in [4.69, 9.17) is 16.7 Å². The Bertz CT molecular complexity index is 500. The second-order valence-corrected chi connectivity index (χ2v) is 5.98. The van der Waals surface area contributed by atoms with E-state index in [0.29, 0.717) is 11.4 Å². The molecule has 1 heterocycles. The predicted octanol–water partition coefficient (Wildman–Crippen LogP) is 3.76. The lowest BCUT2D eigenvalue weighted by molar-refractivity contribution is 0.298. The number of hydrogen-bond acceptors (Lipinski definition) is 3. The van der Waals surface area contributed by atoms with E-state index in [1.807, 2.05) is 24.3 Å². The molecule has 0 fully saturated rings. The first-order valence-corrected chi connectivity index (χ1v) is 6.71. The first kappa shape index (κ1) is 12.0. The summed E-state index contributed by atoms with van der Waals surface area (Å²) in [5, 5.41) is 10.5. The number of aliphatic hydroxyl groups is 1. The number of halogens is 2. The van der Waals surface area contributed by atoms with Crippen molar-refractivity contribution in [3.63, 3.8) is 0 Å². The maximum Gasteiger partial charge on any atom is 0.124 e. The van der Waals surface area contributed by atoms with Gasteiger partial charge in [-0.15, -0.1) is 11.3 Å². The van der Waals surface area contributed by atoms with E-state index < -0.39 is 0 Å². The van der Waals surface area contributed by atoms with Crippen molar-refractivity contribution in [1.82, 2.24) is 4.98 Å². The zero-order chi connectivity index (χ0) is 11.5.